The Bertz CT molecular complexity index is 926. The first kappa shape index (κ1) is 20.6. The Kier molecular flexibility index (Phi) is 6.04. The number of halogens is 4. The molecule has 0 aliphatic heterocycles. The Morgan fingerprint density at radius 3 is 2.33 bits per heavy atom. The zero-order chi connectivity index (χ0) is 20.4. The molecule has 0 saturated carbocycles. The van der Waals surface area contributed by atoms with Crippen molar-refractivity contribution in [3.63, 3.8) is 0 Å². The summed E-state index contributed by atoms with van der Waals surface area (Å²) in [5.74, 6) is 0.106. The fourth-order valence-corrected chi connectivity index (χ4v) is 2.56. The number of carbonyl (C=O) groups is 1. The normalized spacial score (nSPS) is 11.2. The number of alkyl halides is 3. The summed E-state index contributed by atoms with van der Waals surface area (Å²) in [4.78, 5) is 24.2. The van der Waals surface area contributed by atoms with Crippen LogP contribution in [-0.4, -0.2) is 24.7 Å². The Balaban J connectivity index is 2.29. The molecule has 0 radical (unpaired) electrons. The number of hydrogen-bond acceptors (Lipinski definition) is 4. The maximum Gasteiger partial charge on any atom is 0.417 e. The predicted molar refractivity (Wildman–Crippen MR) is 93.6 cm³/mol. The molecule has 10 heteroatoms. The van der Waals surface area contributed by atoms with Crippen molar-refractivity contribution in [2.45, 2.75) is 19.6 Å². The van der Waals surface area contributed by atoms with Crippen molar-refractivity contribution in [3.8, 4) is 11.5 Å². The van der Waals surface area contributed by atoms with Crippen molar-refractivity contribution in [1.82, 2.24) is 4.57 Å². The highest BCUT2D eigenvalue weighted by Crippen LogP contribution is 2.33. The maximum atomic E-state index is 12.9. The minimum atomic E-state index is -4.70. The highest BCUT2D eigenvalue weighted by atomic mass is 35.5. The Hall–Kier alpha value is -2.68. The van der Waals surface area contributed by atoms with Crippen LogP contribution in [-0.2, 0) is 17.5 Å². The van der Waals surface area contributed by atoms with E-state index >= 15 is 0 Å². The molecule has 1 aromatic carbocycles. The van der Waals surface area contributed by atoms with Gasteiger partial charge in [-0.3, -0.25) is 9.59 Å². The summed E-state index contributed by atoms with van der Waals surface area (Å²) in [6, 6.07) is 3.66. The van der Waals surface area contributed by atoms with E-state index in [2.05, 4.69) is 5.32 Å². The first-order valence-electron chi connectivity index (χ1n) is 7.56. The molecule has 1 N–H and O–H groups in total. The lowest BCUT2D eigenvalue weighted by molar-refractivity contribution is -0.138. The molecular formula is C17H16ClF3N2O4. The fraction of sp³-hybridized carbons (Fsp3) is 0.294. The molecule has 146 valence electrons. The van der Waals surface area contributed by atoms with Gasteiger partial charge < -0.3 is 19.4 Å². The lowest BCUT2D eigenvalue weighted by atomic mass is 10.1. The van der Waals surface area contributed by atoms with Crippen LogP contribution in [0.4, 0.5) is 18.9 Å². The van der Waals surface area contributed by atoms with E-state index in [9.17, 15) is 22.8 Å². The number of carbonyl (C=O) groups excluding carboxylic acids is 1. The molecule has 0 unspecified atom stereocenters. The van der Waals surface area contributed by atoms with Gasteiger partial charge in [0, 0.05) is 18.0 Å². The zero-order valence-corrected chi connectivity index (χ0v) is 15.4. The van der Waals surface area contributed by atoms with Crippen molar-refractivity contribution in [1.29, 1.82) is 0 Å². The van der Waals surface area contributed by atoms with Crippen LogP contribution in [0.25, 0.3) is 0 Å². The van der Waals surface area contributed by atoms with Crippen LogP contribution in [0.1, 0.15) is 11.1 Å². The Labute approximate surface area is 157 Å². The van der Waals surface area contributed by atoms with Gasteiger partial charge in [-0.1, -0.05) is 11.6 Å². The van der Waals surface area contributed by atoms with Gasteiger partial charge in [-0.25, -0.2) is 0 Å². The number of methoxy groups -OCH3 is 2. The molecule has 27 heavy (non-hydrogen) atoms. The number of nitrogens with zero attached hydrogens (tertiary/aromatic N) is 1. The van der Waals surface area contributed by atoms with Crippen molar-refractivity contribution < 1.29 is 27.4 Å². The van der Waals surface area contributed by atoms with Crippen LogP contribution in [0.5, 0.6) is 11.5 Å². The number of nitrogens with one attached hydrogen (secondary N) is 1. The molecule has 0 aliphatic carbocycles. The minimum Gasteiger partial charge on any atom is -0.493 e. The quantitative estimate of drug-likeness (QED) is 0.828. The number of rotatable bonds is 5. The predicted octanol–water partition coefficient (Wildman–Crippen LogP) is 3.48. The second-order valence-corrected chi connectivity index (χ2v) is 5.99. The van der Waals surface area contributed by atoms with Gasteiger partial charge >= 0.3 is 6.18 Å². The van der Waals surface area contributed by atoms with Crippen molar-refractivity contribution in [3.05, 3.63) is 50.9 Å². The van der Waals surface area contributed by atoms with Gasteiger partial charge in [0.25, 0.3) is 5.56 Å². The van der Waals surface area contributed by atoms with E-state index < -0.39 is 34.8 Å². The number of pyridine rings is 1. The number of hydrogen-bond donors (Lipinski definition) is 1. The molecule has 1 aromatic heterocycles. The SMILES string of the molecule is COc1cc(C)c(NC(=O)Cn2cc(C(F)(F)F)cc(Cl)c2=O)cc1OC. The van der Waals surface area contributed by atoms with E-state index in [-0.39, 0.29) is 0 Å². The summed E-state index contributed by atoms with van der Waals surface area (Å²) in [6.07, 6.45) is -4.15. The standard InChI is InChI=1S/C17H16ClF3N2O4/c1-9-4-13(26-2)14(27-3)6-12(9)22-15(24)8-23-7-10(17(19,20)21)5-11(18)16(23)25/h4-7H,8H2,1-3H3,(H,22,24). The summed E-state index contributed by atoms with van der Waals surface area (Å²) < 4.78 is 49.5. The van der Waals surface area contributed by atoms with Crippen LogP contribution in [0.15, 0.2) is 29.2 Å². The third kappa shape index (κ3) is 4.73. The van der Waals surface area contributed by atoms with Gasteiger partial charge in [-0.15, -0.1) is 0 Å². The van der Waals surface area contributed by atoms with E-state index in [4.69, 9.17) is 21.1 Å². The molecule has 0 saturated heterocycles. The molecule has 0 aliphatic rings. The van der Waals surface area contributed by atoms with Crippen LogP contribution < -0.4 is 20.3 Å². The lowest BCUT2D eigenvalue weighted by Crippen LogP contribution is -2.29. The van der Waals surface area contributed by atoms with Gasteiger partial charge in [0.15, 0.2) is 11.5 Å². The van der Waals surface area contributed by atoms with Gasteiger partial charge in [-0.2, -0.15) is 13.2 Å². The highest BCUT2D eigenvalue weighted by molar-refractivity contribution is 6.30. The second-order valence-electron chi connectivity index (χ2n) is 5.58. The molecule has 2 rings (SSSR count). The smallest absolute Gasteiger partial charge is 0.417 e. The number of ether oxygens (including phenoxy) is 2. The summed E-state index contributed by atoms with van der Waals surface area (Å²) >= 11 is 5.57. The fourth-order valence-electron chi connectivity index (χ4n) is 2.33. The van der Waals surface area contributed by atoms with Crippen LogP contribution >= 0.6 is 11.6 Å². The van der Waals surface area contributed by atoms with E-state index in [1.807, 2.05) is 0 Å². The number of anilines is 1. The van der Waals surface area contributed by atoms with Gasteiger partial charge in [0.1, 0.15) is 11.6 Å². The maximum absolute atomic E-state index is 12.9. The van der Waals surface area contributed by atoms with Crippen LogP contribution in [0, 0.1) is 6.92 Å². The molecule has 0 bridgehead atoms. The third-order valence-electron chi connectivity index (χ3n) is 3.69. The highest BCUT2D eigenvalue weighted by Gasteiger charge is 2.32. The van der Waals surface area contributed by atoms with Crippen LogP contribution in [0.3, 0.4) is 0 Å². The molecule has 0 atom stereocenters. The molecular weight excluding hydrogens is 389 g/mol. The molecule has 2 aromatic rings. The Morgan fingerprint density at radius 2 is 1.78 bits per heavy atom. The van der Waals surface area contributed by atoms with E-state index in [1.165, 1.54) is 20.3 Å². The molecule has 0 spiro atoms. The average molecular weight is 405 g/mol. The van der Waals surface area contributed by atoms with Crippen molar-refractivity contribution in [2.24, 2.45) is 0 Å². The second kappa shape index (κ2) is 7.91. The van der Waals surface area contributed by atoms with Gasteiger partial charge in [0.05, 0.1) is 19.8 Å². The van der Waals surface area contributed by atoms with Gasteiger partial charge in [-0.05, 0) is 24.6 Å². The monoisotopic (exact) mass is 404 g/mol. The van der Waals surface area contributed by atoms with Crippen LogP contribution in [0.2, 0.25) is 5.02 Å². The summed E-state index contributed by atoms with van der Waals surface area (Å²) in [5.41, 5.74) is -1.02. The molecule has 1 heterocycles. The van der Waals surface area contributed by atoms with Gasteiger partial charge in [0.2, 0.25) is 5.91 Å². The number of amides is 1. The number of aryl methyl sites for hydroxylation is 1. The molecule has 1 amide bonds. The van der Waals surface area contributed by atoms with E-state index in [1.54, 1.807) is 13.0 Å². The summed E-state index contributed by atoms with van der Waals surface area (Å²) in [6.45, 7) is 1.06. The van der Waals surface area contributed by atoms with Crippen molar-refractivity contribution in [2.75, 3.05) is 19.5 Å². The zero-order valence-electron chi connectivity index (χ0n) is 14.6. The Morgan fingerprint density at radius 1 is 1.19 bits per heavy atom. The topological polar surface area (TPSA) is 69.6 Å². The molecule has 0 fully saturated rings. The van der Waals surface area contributed by atoms with E-state index in [0.29, 0.717) is 39.6 Å². The summed E-state index contributed by atoms with van der Waals surface area (Å²) in [5, 5.41) is 1.91. The summed E-state index contributed by atoms with van der Waals surface area (Å²) in [7, 11) is 2.88. The largest absolute Gasteiger partial charge is 0.493 e. The third-order valence-corrected chi connectivity index (χ3v) is 3.96. The van der Waals surface area contributed by atoms with E-state index in [0.717, 1.165) is 0 Å². The first-order chi connectivity index (χ1) is 12.6. The number of aromatic nitrogens is 1. The minimum absolute atomic E-state index is 0.359. The molecule has 6 nitrogen and oxygen atoms in total. The number of benzene rings is 1. The average Bonchev–Trinajstić information content (AvgIpc) is 2.59. The first-order valence-corrected chi connectivity index (χ1v) is 7.94. The van der Waals surface area contributed by atoms with Crippen molar-refractivity contribution >= 4 is 23.2 Å². The lowest BCUT2D eigenvalue weighted by Gasteiger charge is -2.15.